The average Bonchev–Trinajstić information content (AvgIpc) is 3.66. The summed E-state index contributed by atoms with van der Waals surface area (Å²) < 4.78 is 2.34. The number of hydrogen-bond donors (Lipinski definition) is 1. The van der Waals surface area contributed by atoms with E-state index in [0.717, 1.165) is 40.4 Å². The molecule has 0 unspecified atom stereocenters. The zero-order valence-corrected chi connectivity index (χ0v) is 27.1. The number of aryl methyl sites for hydroxylation is 1. The Kier molecular flexibility index (Phi) is 8.80. The summed E-state index contributed by atoms with van der Waals surface area (Å²) in [5.41, 5.74) is 2.88. The van der Waals surface area contributed by atoms with E-state index in [0.29, 0.717) is 25.5 Å². The van der Waals surface area contributed by atoms with Crippen LogP contribution in [-0.4, -0.2) is 29.3 Å². The number of fused-ring (bicyclic) bond motifs is 1. The van der Waals surface area contributed by atoms with Crippen molar-refractivity contribution in [3.05, 3.63) is 121 Å². The molecular weight excluding hydrogens is 626 g/mol. The van der Waals surface area contributed by atoms with Gasteiger partial charge in [-0.05, 0) is 60.9 Å². The van der Waals surface area contributed by atoms with E-state index in [1.807, 2.05) is 48.3 Å². The molecule has 0 radical (unpaired) electrons. The van der Waals surface area contributed by atoms with Crippen LogP contribution in [0.5, 0.6) is 0 Å². The fraction of sp³-hybridized carbons (Fsp3) is 0.176. The van der Waals surface area contributed by atoms with Crippen molar-refractivity contribution in [2.45, 2.75) is 37.6 Å². The Morgan fingerprint density at radius 1 is 1.07 bits per heavy atom. The Labute approximate surface area is 273 Å². The number of rotatable bonds is 7. The molecule has 0 saturated heterocycles. The standard InChI is InChI=1S/C34H30ClN5O3S2/c1-4-6-10-21-13-15-22(16-14-21)30(41)36-29-27(31(42)40(37-29)24-11-8-7-9-12-24)33-39(19-5-2)32(43)28(45-33)34-38(3)25-20-23(35)17-18-26(25)44-34/h5,7-9,11-18,20H,2,4,6,10,19H2,1,3H3,(H,36,37,41). The highest BCUT2D eigenvalue weighted by atomic mass is 35.5. The van der Waals surface area contributed by atoms with E-state index >= 15 is 0 Å². The van der Waals surface area contributed by atoms with E-state index in [1.165, 1.54) is 32.7 Å². The second-order valence-corrected chi connectivity index (χ2v) is 13.0. The van der Waals surface area contributed by atoms with Gasteiger partial charge in [0.05, 0.1) is 11.4 Å². The number of carbonyl (C=O) groups is 2. The lowest BCUT2D eigenvalue weighted by molar-refractivity contribution is -0.112. The van der Waals surface area contributed by atoms with Gasteiger partial charge in [0.1, 0.15) is 19.8 Å². The lowest BCUT2D eigenvalue weighted by Gasteiger charge is -2.12. The first-order chi connectivity index (χ1) is 21.8. The number of para-hydroxylation sites is 1. The van der Waals surface area contributed by atoms with Crippen LogP contribution in [0.15, 0.2) is 100 Å². The van der Waals surface area contributed by atoms with Gasteiger partial charge < -0.3 is 10.2 Å². The summed E-state index contributed by atoms with van der Waals surface area (Å²) in [6, 6.07) is 22.0. The van der Waals surface area contributed by atoms with Crippen LogP contribution in [0.4, 0.5) is 11.4 Å². The number of thioether (sulfide) groups is 1. The van der Waals surface area contributed by atoms with E-state index in [1.54, 1.807) is 42.5 Å². The van der Waals surface area contributed by atoms with E-state index in [-0.39, 0.29) is 23.5 Å². The summed E-state index contributed by atoms with van der Waals surface area (Å²) in [5, 5.41) is 10.0. The molecule has 0 spiro atoms. The zero-order chi connectivity index (χ0) is 31.7. The Balaban J connectivity index is 1.49. The molecule has 1 N–H and O–H groups in total. The van der Waals surface area contributed by atoms with Crippen LogP contribution >= 0.6 is 34.7 Å². The molecule has 0 atom stereocenters. The third-order valence-electron chi connectivity index (χ3n) is 7.51. The number of halogens is 1. The molecule has 4 aromatic rings. The van der Waals surface area contributed by atoms with Gasteiger partial charge in [-0.15, -0.1) is 23.0 Å². The summed E-state index contributed by atoms with van der Waals surface area (Å²) >= 11 is 8.92. The van der Waals surface area contributed by atoms with E-state index in [2.05, 4.69) is 23.9 Å². The van der Waals surface area contributed by atoms with Gasteiger partial charge in [-0.25, -0.2) is 0 Å². The van der Waals surface area contributed by atoms with E-state index in [4.69, 9.17) is 11.6 Å². The monoisotopic (exact) mass is 655 g/mol. The van der Waals surface area contributed by atoms with Crippen LogP contribution in [0.3, 0.4) is 0 Å². The van der Waals surface area contributed by atoms with Gasteiger partial charge >= 0.3 is 0 Å². The number of amidine groups is 1. The average molecular weight is 656 g/mol. The number of thiazole rings is 1. The fourth-order valence-electron chi connectivity index (χ4n) is 5.16. The lowest BCUT2D eigenvalue weighted by Crippen LogP contribution is -2.38. The van der Waals surface area contributed by atoms with Gasteiger partial charge in [0.2, 0.25) is 0 Å². The molecule has 2 aliphatic heterocycles. The Hall–Kier alpha value is -4.38. The number of carbonyl (C=O) groups excluding carboxylic acids is 2. The molecule has 0 bridgehead atoms. The SMILES string of the molecule is C=CCn1c(=C2C(=O)N(c3ccccc3)N=C2NC(=O)c2ccc(CCCC)cc2)sc(=C2Sc3ccc(Cl)cc3N2C)c1=O. The largest absolute Gasteiger partial charge is 0.337 e. The molecule has 2 aliphatic rings. The Morgan fingerprint density at radius 3 is 2.53 bits per heavy atom. The highest BCUT2D eigenvalue weighted by Crippen LogP contribution is 2.46. The maximum Gasteiger partial charge on any atom is 0.285 e. The third kappa shape index (κ3) is 5.88. The molecule has 0 aliphatic carbocycles. The first kappa shape index (κ1) is 30.6. The zero-order valence-electron chi connectivity index (χ0n) is 24.7. The number of hydrogen-bond acceptors (Lipinski definition) is 7. The molecule has 1 aromatic heterocycles. The molecular formula is C34H30ClN5O3S2. The van der Waals surface area contributed by atoms with Crippen molar-refractivity contribution >= 4 is 74.3 Å². The summed E-state index contributed by atoms with van der Waals surface area (Å²) in [6.45, 7) is 6.15. The lowest BCUT2D eigenvalue weighted by atomic mass is 10.1. The predicted molar refractivity (Wildman–Crippen MR) is 184 cm³/mol. The fourth-order valence-corrected chi connectivity index (χ4v) is 7.80. The minimum absolute atomic E-state index is 0.0713. The number of aromatic nitrogens is 1. The molecule has 228 valence electrons. The van der Waals surface area contributed by atoms with Crippen LogP contribution in [0.1, 0.15) is 35.7 Å². The second-order valence-electron chi connectivity index (χ2n) is 10.5. The summed E-state index contributed by atoms with van der Waals surface area (Å²) in [5.74, 6) is -0.787. The van der Waals surface area contributed by atoms with Crippen LogP contribution < -0.4 is 30.0 Å². The van der Waals surface area contributed by atoms with Crippen LogP contribution in [0.25, 0.3) is 10.6 Å². The van der Waals surface area contributed by atoms with Gasteiger partial charge in [0.15, 0.2) is 5.84 Å². The van der Waals surface area contributed by atoms with Gasteiger partial charge in [-0.3, -0.25) is 19.0 Å². The van der Waals surface area contributed by atoms with Crippen LogP contribution in [0, 0.1) is 0 Å². The van der Waals surface area contributed by atoms with Crippen molar-refractivity contribution in [2.24, 2.45) is 5.10 Å². The van der Waals surface area contributed by atoms with Crippen molar-refractivity contribution in [3.63, 3.8) is 0 Å². The number of benzene rings is 3. The van der Waals surface area contributed by atoms with Crippen molar-refractivity contribution in [1.29, 1.82) is 0 Å². The Morgan fingerprint density at radius 2 is 1.82 bits per heavy atom. The van der Waals surface area contributed by atoms with Gasteiger partial charge in [0, 0.05) is 29.1 Å². The van der Waals surface area contributed by atoms with Crippen LogP contribution in [0.2, 0.25) is 5.02 Å². The highest BCUT2D eigenvalue weighted by molar-refractivity contribution is 8.08. The molecule has 0 saturated carbocycles. The Bertz CT molecular complexity index is 2030. The van der Waals surface area contributed by atoms with Crippen molar-refractivity contribution < 1.29 is 9.59 Å². The third-order valence-corrected chi connectivity index (χ3v) is 10.3. The molecule has 11 heteroatoms. The summed E-state index contributed by atoms with van der Waals surface area (Å²) in [6.07, 6.45) is 4.70. The number of nitrogens with one attached hydrogen (secondary N) is 1. The summed E-state index contributed by atoms with van der Waals surface area (Å²) in [7, 11) is 1.88. The number of allylic oxidation sites excluding steroid dienone is 1. The quantitative estimate of drug-likeness (QED) is 0.272. The van der Waals surface area contributed by atoms with E-state index < -0.39 is 11.8 Å². The minimum Gasteiger partial charge on any atom is -0.337 e. The summed E-state index contributed by atoms with van der Waals surface area (Å²) in [4.78, 5) is 44.5. The molecule has 45 heavy (non-hydrogen) atoms. The van der Waals surface area contributed by atoms with Crippen molar-refractivity contribution in [3.8, 4) is 0 Å². The maximum absolute atomic E-state index is 14.1. The molecule has 0 fully saturated rings. The molecule has 3 heterocycles. The smallest absolute Gasteiger partial charge is 0.285 e. The topological polar surface area (TPSA) is 87.0 Å². The van der Waals surface area contributed by atoms with E-state index in [9.17, 15) is 14.4 Å². The van der Waals surface area contributed by atoms with Gasteiger partial charge in [0.25, 0.3) is 17.4 Å². The molecule has 8 nitrogen and oxygen atoms in total. The first-order valence-electron chi connectivity index (χ1n) is 14.5. The number of nitrogens with zero attached hydrogens (tertiary/aromatic N) is 4. The molecule has 6 rings (SSSR count). The molecule has 2 amide bonds. The first-order valence-corrected chi connectivity index (χ1v) is 16.5. The number of amides is 2. The number of anilines is 2. The highest BCUT2D eigenvalue weighted by Gasteiger charge is 2.35. The number of hydrazone groups is 1. The number of unbranched alkanes of at least 4 members (excludes halogenated alkanes) is 1. The second kappa shape index (κ2) is 12.9. The van der Waals surface area contributed by atoms with Gasteiger partial charge in [-0.2, -0.15) is 5.01 Å². The minimum atomic E-state index is -0.454. The van der Waals surface area contributed by atoms with Crippen molar-refractivity contribution in [2.75, 3.05) is 17.0 Å². The maximum atomic E-state index is 14.1. The van der Waals surface area contributed by atoms with Crippen molar-refractivity contribution in [1.82, 2.24) is 9.88 Å². The van der Waals surface area contributed by atoms with Gasteiger partial charge in [-0.1, -0.05) is 73.1 Å². The molecule has 3 aromatic carbocycles. The van der Waals surface area contributed by atoms with Crippen LogP contribution in [-0.2, 0) is 17.8 Å². The normalized spacial score (nSPS) is 16.6. The predicted octanol–water partition coefficient (Wildman–Crippen LogP) is 5.34.